The molecule has 0 aromatic carbocycles. The molecule has 2 heterocycles. The quantitative estimate of drug-likeness (QED) is 0.349. The van der Waals surface area contributed by atoms with E-state index in [9.17, 15) is 4.79 Å². The monoisotopic (exact) mass is 437 g/mol. The van der Waals surface area contributed by atoms with Crippen LogP contribution in [0.3, 0.4) is 0 Å². The summed E-state index contributed by atoms with van der Waals surface area (Å²) in [6.07, 6.45) is 2.91. The number of aliphatic imine (C=N–C) groups is 1. The Morgan fingerprint density at radius 3 is 2.69 bits per heavy atom. The van der Waals surface area contributed by atoms with Crippen LogP contribution in [0.1, 0.15) is 70.9 Å². The molecule has 0 amide bonds. The fraction of sp³-hybridized carbons (Fsp3) is 0.600. The topological polar surface area (TPSA) is 88.5 Å². The van der Waals surface area contributed by atoms with Crippen LogP contribution in [-0.2, 0) is 17.7 Å². The van der Waals surface area contributed by atoms with Crippen molar-refractivity contribution in [1.82, 2.24) is 20.6 Å². The van der Waals surface area contributed by atoms with E-state index in [1.807, 2.05) is 27.0 Å². The van der Waals surface area contributed by atoms with Gasteiger partial charge in [0.05, 0.1) is 29.9 Å². The van der Waals surface area contributed by atoms with Crippen LogP contribution < -0.4 is 10.6 Å². The minimum atomic E-state index is -0.316. The molecule has 29 heavy (non-hydrogen) atoms. The number of hydrogen-bond acceptors (Lipinski definition) is 7. The van der Waals surface area contributed by atoms with Crippen molar-refractivity contribution in [3.8, 4) is 0 Å². The van der Waals surface area contributed by atoms with Gasteiger partial charge in [-0.2, -0.15) is 0 Å². The van der Waals surface area contributed by atoms with Gasteiger partial charge in [-0.05, 0) is 33.6 Å². The van der Waals surface area contributed by atoms with Crippen LogP contribution in [0.4, 0.5) is 0 Å². The van der Waals surface area contributed by atoms with Gasteiger partial charge in [-0.25, -0.2) is 19.8 Å². The Balaban J connectivity index is 2.05. The summed E-state index contributed by atoms with van der Waals surface area (Å²) in [5.74, 6) is 0.992. The van der Waals surface area contributed by atoms with Crippen LogP contribution in [0, 0.1) is 12.8 Å². The van der Waals surface area contributed by atoms with E-state index >= 15 is 0 Å². The van der Waals surface area contributed by atoms with Gasteiger partial charge in [-0.1, -0.05) is 13.8 Å². The predicted molar refractivity (Wildman–Crippen MR) is 120 cm³/mol. The third kappa shape index (κ3) is 7.08. The van der Waals surface area contributed by atoms with Gasteiger partial charge in [-0.3, -0.25) is 0 Å². The lowest BCUT2D eigenvalue weighted by molar-refractivity contribution is 0.0531. The Labute approximate surface area is 181 Å². The van der Waals surface area contributed by atoms with Crippen molar-refractivity contribution in [2.24, 2.45) is 10.9 Å². The number of ether oxygens (including phenoxy) is 1. The van der Waals surface area contributed by atoms with Gasteiger partial charge >= 0.3 is 5.97 Å². The summed E-state index contributed by atoms with van der Waals surface area (Å²) in [5, 5.41) is 8.62. The minimum absolute atomic E-state index is 0.0855. The summed E-state index contributed by atoms with van der Waals surface area (Å²) in [5.41, 5.74) is 0.696. The van der Waals surface area contributed by atoms with Gasteiger partial charge in [0.1, 0.15) is 9.88 Å². The number of thiazole rings is 2. The highest BCUT2D eigenvalue weighted by molar-refractivity contribution is 7.13. The van der Waals surface area contributed by atoms with Crippen molar-refractivity contribution in [2.75, 3.05) is 13.2 Å². The highest BCUT2D eigenvalue weighted by Gasteiger charge is 2.20. The summed E-state index contributed by atoms with van der Waals surface area (Å²) in [6, 6.07) is -0.0855. The third-order valence-corrected chi connectivity index (χ3v) is 6.24. The second-order valence-electron chi connectivity index (χ2n) is 7.07. The lowest BCUT2D eigenvalue weighted by Gasteiger charge is -2.15. The molecule has 0 fully saturated rings. The molecule has 1 atom stereocenters. The highest BCUT2D eigenvalue weighted by atomic mass is 32.1. The molecule has 2 aromatic rings. The lowest BCUT2D eigenvalue weighted by Crippen LogP contribution is -2.38. The Bertz CT molecular complexity index is 829. The Morgan fingerprint density at radius 2 is 2.03 bits per heavy atom. The first-order chi connectivity index (χ1) is 13.8. The molecule has 0 saturated heterocycles. The summed E-state index contributed by atoms with van der Waals surface area (Å²) in [4.78, 5) is 27.5. The Morgan fingerprint density at radius 1 is 1.28 bits per heavy atom. The van der Waals surface area contributed by atoms with Crippen LogP contribution >= 0.6 is 22.7 Å². The number of aryl methyl sites for hydroxylation is 1. The molecule has 2 N–H and O–H groups in total. The molecule has 160 valence electrons. The zero-order valence-electron chi connectivity index (χ0n) is 18.0. The van der Waals surface area contributed by atoms with Gasteiger partial charge in [0, 0.05) is 24.0 Å². The van der Waals surface area contributed by atoms with Crippen molar-refractivity contribution >= 4 is 34.6 Å². The van der Waals surface area contributed by atoms with Crippen LogP contribution in [0.5, 0.6) is 0 Å². The van der Waals surface area contributed by atoms with E-state index in [1.54, 1.807) is 18.3 Å². The van der Waals surface area contributed by atoms with Crippen molar-refractivity contribution in [3.63, 3.8) is 0 Å². The van der Waals surface area contributed by atoms with Gasteiger partial charge in [0.15, 0.2) is 5.96 Å². The van der Waals surface area contributed by atoms with E-state index in [4.69, 9.17) is 4.74 Å². The van der Waals surface area contributed by atoms with Crippen LogP contribution in [-0.4, -0.2) is 35.0 Å². The molecule has 2 rings (SSSR count). The Kier molecular flexibility index (Phi) is 9.03. The summed E-state index contributed by atoms with van der Waals surface area (Å²) in [7, 11) is 0. The zero-order valence-corrected chi connectivity index (χ0v) is 19.7. The standard InChI is InChI=1S/C20H31N5O2S2/c1-7-21-20(23-11-15-10-22-16(28-15)9-12(3)4)25-14(6)18-24-13(5)17(29-18)19(26)27-8-2/h10,12,14H,7-9,11H2,1-6H3,(H2,21,23,25). The fourth-order valence-corrected chi connectivity index (χ4v) is 4.62. The number of carbonyl (C=O) groups excluding carboxylic acids is 1. The van der Waals surface area contributed by atoms with E-state index in [0.29, 0.717) is 35.6 Å². The number of carbonyl (C=O) groups is 1. The number of aromatic nitrogens is 2. The first-order valence-corrected chi connectivity index (χ1v) is 11.6. The minimum Gasteiger partial charge on any atom is -0.462 e. The van der Waals surface area contributed by atoms with Crippen LogP contribution in [0.2, 0.25) is 0 Å². The summed E-state index contributed by atoms with van der Waals surface area (Å²) >= 11 is 3.07. The molecule has 0 aliphatic rings. The van der Waals surface area contributed by atoms with Crippen molar-refractivity contribution in [1.29, 1.82) is 0 Å². The van der Waals surface area contributed by atoms with Crippen molar-refractivity contribution in [3.05, 3.63) is 31.7 Å². The molecule has 0 aliphatic heterocycles. The largest absolute Gasteiger partial charge is 0.462 e. The maximum absolute atomic E-state index is 12.0. The fourth-order valence-electron chi connectivity index (χ4n) is 2.60. The first kappa shape index (κ1) is 23.3. The second-order valence-corrected chi connectivity index (χ2v) is 9.30. The number of nitrogens with one attached hydrogen (secondary N) is 2. The van der Waals surface area contributed by atoms with Crippen molar-refractivity contribution < 1.29 is 9.53 Å². The normalized spacial score (nSPS) is 12.9. The first-order valence-electron chi connectivity index (χ1n) is 9.96. The van der Waals surface area contributed by atoms with Gasteiger partial charge < -0.3 is 15.4 Å². The molecule has 0 aliphatic carbocycles. The number of rotatable bonds is 9. The average molecular weight is 438 g/mol. The molecular formula is C20H31N5O2S2. The van der Waals surface area contributed by atoms with Crippen molar-refractivity contribution in [2.45, 2.75) is 60.5 Å². The summed E-state index contributed by atoms with van der Waals surface area (Å²) < 4.78 is 5.11. The molecule has 7 nitrogen and oxygen atoms in total. The molecule has 1 unspecified atom stereocenters. The summed E-state index contributed by atoms with van der Waals surface area (Å²) in [6.45, 7) is 13.7. The maximum Gasteiger partial charge on any atom is 0.350 e. The maximum atomic E-state index is 12.0. The van der Waals surface area contributed by atoms with E-state index < -0.39 is 0 Å². The molecule has 0 radical (unpaired) electrons. The number of nitrogens with zero attached hydrogens (tertiary/aromatic N) is 3. The molecule has 9 heteroatoms. The molecule has 2 aromatic heterocycles. The SMILES string of the molecule is CCNC(=NCc1cnc(CC(C)C)s1)NC(C)c1nc(C)c(C(=O)OCC)s1. The molecular weight excluding hydrogens is 406 g/mol. The smallest absolute Gasteiger partial charge is 0.350 e. The van der Waals surface area contributed by atoms with E-state index in [1.165, 1.54) is 11.3 Å². The Hall–Kier alpha value is -2.00. The highest BCUT2D eigenvalue weighted by Crippen LogP contribution is 2.24. The van der Waals surface area contributed by atoms with Crippen LogP contribution in [0.25, 0.3) is 0 Å². The van der Waals surface area contributed by atoms with E-state index in [2.05, 4.69) is 39.4 Å². The predicted octanol–water partition coefficient (Wildman–Crippen LogP) is 4.10. The van der Waals surface area contributed by atoms with Gasteiger partial charge in [0.25, 0.3) is 0 Å². The third-order valence-electron chi connectivity index (χ3n) is 3.92. The lowest BCUT2D eigenvalue weighted by atomic mass is 10.1. The van der Waals surface area contributed by atoms with E-state index in [0.717, 1.165) is 27.9 Å². The van der Waals surface area contributed by atoms with Crippen LogP contribution in [0.15, 0.2) is 11.2 Å². The van der Waals surface area contributed by atoms with E-state index in [-0.39, 0.29) is 12.0 Å². The molecule has 0 saturated carbocycles. The second kappa shape index (κ2) is 11.3. The zero-order chi connectivity index (χ0) is 21.4. The van der Waals surface area contributed by atoms with Gasteiger partial charge in [-0.15, -0.1) is 22.7 Å². The van der Waals surface area contributed by atoms with Gasteiger partial charge in [0.2, 0.25) is 0 Å². The number of esters is 1. The number of hydrogen-bond donors (Lipinski definition) is 2. The molecule has 0 bridgehead atoms. The average Bonchev–Trinajstić information content (AvgIpc) is 3.26. The number of guanidine groups is 1. The molecule has 0 spiro atoms.